The molecule has 0 aliphatic rings. The van der Waals surface area contributed by atoms with Crippen molar-refractivity contribution in [2.75, 3.05) is 5.73 Å². The summed E-state index contributed by atoms with van der Waals surface area (Å²) < 4.78 is 5.72. The van der Waals surface area contributed by atoms with Crippen molar-refractivity contribution in [1.82, 2.24) is 19.9 Å². The number of hydrogen-bond acceptors (Lipinski definition) is 7. The molecule has 0 atom stereocenters. The molecule has 1 aromatic carbocycles. The minimum atomic E-state index is -0.953. The van der Waals surface area contributed by atoms with E-state index in [1.807, 2.05) is 24.3 Å². The third kappa shape index (κ3) is 5.00. The average Bonchev–Trinajstić information content (AvgIpc) is 3.12. The molecule has 2 heterocycles. The van der Waals surface area contributed by atoms with Gasteiger partial charge in [-0.25, -0.2) is 4.98 Å². The SMILES string of the molecule is Nc1nc(OCc2ccc(CCC(=O)CCC(=O)O)cc2)c2[nH]cnc2n1. The molecule has 0 unspecified atom stereocenters. The van der Waals surface area contributed by atoms with Crippen LogP contribution in [0, 0.1) is 0 Å². The lowest BCUT2D eigenvalue weighted by Crippen LogP contribution is -2.04. The molecule has 9 nitrogen and oxygen atoms in total. The van der Waals surface area contributed by atoms with E-state index < -0.39 is 5.97 Å². The van der Waals surface area contributed by atoms with Gasteiger partial charge in [0.15, 0.2) is 5.65 Å². The van der Waals surface area contributed by atoms with E-state index in [0.29, 0.717) is 36.5 Å². The molecular weight excluding hydrogens is 350 g/mol. The Morgan fingerprint density at radius 2 is 1.81 bits per heavy atom. The van der Waals surface area contributed by atoms with Gasteiger partial charge >= 0.3 is 5.97 Å². The average molecular weight is 369 g/mol. The largest absolute Gasteiger partial charge is 0.481 e. The second-order valence-electron chi connectivity index (χ2n) is 6.03. The van der Waals surface area contributed by atoms with Crippen molar-refractivity contribution in [2.24, 2.45) is 0 Å². The van der Waals surface area contributed by atoms with Crippen LogP contribution in [-0.4, -0.2) is 36.8 Å². The van der Waals surface area contributed by atoms with E-state index >= 15 is 0 Å². The van der Waals surface area contributed by atoms with Gasteiger partial charge in [0.2, 0.25) is 11.8 Å². The van der Waals surface area contributed by atoms with Gasteiger partial charge in [0.05, 0.1) is 12.7 Å². The Labute approximate surface area is 154 Å². The molecule has 4 N–H and O–H groups in total. The fraction of sp³-hybridized carbons (Fsp3) is 0.278. The fourth-order valence-electron chi connectivity index (χ4n) is 2.54. The number of Topliss-reactive ketones (excluding diaryl/α,β-unsaturated/α-hetero) is 1. The number of carbonyl (C=O) groups is 2. The number of imidazole rings is 1. The fourth-order valence-corrected chi connectivity index (χ4v) is 2.54. The van der Waals surface area contributed by atoms with Crippen molar-refractivity contribution in [3.63, 3.8) is 0 Å². The molecule has 0 radical (unpaired) electrons. The van der Waals surface area contributed by atoms with E-state index in [1.165, 1.54) is 6.33 Å². The molecule has 3 rings (SSSR count). The lowest BCUT2D eigenvalue weighted by atomic mass is 10.0. The van der Waals surface area contributed by atoms with Gasteiger partial charge in [0, 0.05) is 12.8 Å². The van der Waals surface area contributed by atoms with Crippen LogP contribution in [0.4, 0.5) is 5.95 Å². The summed E-state index contributed by atoms with van der Waals surface area (Å²) in [7, 11) is 0. The number of nitrogen functional groups attached to an aromatic ring is 1. The van der Waals surface area contributed by atoms with E-state index in [9.17, 15) is 9.59 Å². The van der Waals surface area contributed by atoms with Gasteiger partial charge in [0.1, 0.15) is 17.9 Å². The summed E-state index contributed by atoms with van der Waals surface area (Å²) in [6, 6.07) is 7.66. The number of anilines is 1. The lowest BCUT2D eigenvalue weighted by Gasteiger charge is -2.07. The second-order valence-corrected chi connectivity index (χ2v) is 6.03. The van der Waals surface area contributed by atoms with Crippen molar-refractivity contribution in [3.8, 4) is 5.88 Å². The highest BCUT2D eigenvalue weighted by Crippen LogP contribution is 2.21. The van der Waals surface area contributed by atoms with Crippen LogP contribution in [0.1, 0.15) is 30.4 Å². The molecule has 0 aliphatic carbocycles. The summed E-state index contributed by atoms with van der Waals surface area (Å²) in [4.78, 5) is 37.2. The molecule has 0 aliphatic heterocycles. The number of aromatic nitrogens is 4. The van der Waals surface area contributed by atoms with E-state index in [0.717, 1.165) is 11.1 Å². The smallest absolute Gasteiger partial charge is 0.303 e. The molecule has 0 saturated carbocycles. The van der Waals surface area contributed by atoms with Crippen molar-refractivity contribution in [2.45, 2.75) is 32.3 Å². The number of aliphatic carboxylic acids is 1. The number of nitrogens with zero attached hydrogens (tertiary/aromatic N) is 3. The maximum atomic E-state index is 11.6. The highest BCUT2D eigenvalue weighted by atomic mass is 16.5. The number of aromatic amines is 1. The summed E-state index contributed by atoms with van der Waals surface area (Å²) in [6.45, 7) is 0.294. The van der Waals surface area contributed by atoms with Crippen LogP contribution in [0.15, 0.2) is 30.6 Å². The Hall–Kier alpha value is -3.49. The van der Waals surface area contributed by atoms with Crippen LogP contribution < -0.4 is 10.5 Å². The number of nitrogens with one attached hydrogen (secondary N) is 1. The van der Waals surface area contributed by atoms with Crippen molar-refractivity contribution in [1.29, 1.82) is 0 Å². The summed E-state index contributed by atoms with van der Waals surface area (Å²) in [6.07, 6.45) is 2.37. The monoisotopic (exact) mass is 369 g/mol. The summed E-state index contributed by atoms with van der Waals surface area (Å²) >= 11 is 0. The normalized spacial score (nSPS) is 10.8. The van der Waals surface area contributed by atoms with Crippen molar-refractivity contribution < 1.29 is 19.4 Å². The van der Waals surface area contributed by atoms with E-state index in [1.54, 1.807) is 0 Å². The zero-order valence-corrected chi connectivity index (χ0v) is 14.5. The van der Waals surface area contributed by atoms with E-state index in [-0.39, 0.29) is 24.6 Å². The molecule has 0 spiro atoms. The molecule has 9 heteroatoms. The first-order valence-electron chi connectivity index (χ1n) is 8.42. The van der Waals surface area contributed by atoms with E-state index in [2.05, 4.69) is 19.9 Å². The standard InChI is InChI=1S/C18H19N5O4/c19-18-22-16-15(20-10-21-16)17(23-18)27-9-12-3-1-11(2-4-12)5-6-13(24)7-8-14(25)26/h1-4,10H,5-9H2,(H,25,26)(H3,19,20,21,22,23). The predicted molar refractivity (Wildman–Crippen MR) is 97.1 cm³/mol. The molecule has 140 valence electrons. The lowest BCUT2D eigenvalue weighted by molar-refractivity contribution is -0.138. The molecule has 0 bridgehead atoms. The van der Waals surface area contributed by atoms with Crippen LogP contribution in [0.5, 0.6) is 5.88 Å². The number of ether oxygens (including phenoxy) is 1. The van der Waals surface area contributed by atoms with Gasteiger partial charge < -0.3 is 20.6 Å². The van der Waals surface area contributed by atoms with Gasteiger partial charge in [-0.1, -0.05) is 24.3 Å². The Bertz CT molecular complexity index is 952. The molecule has 27 heavy (non-hydrogen) atoms. The molecule has 2 aromatic heterocycles. The van der Waals surface area contributed by atoms with Gasteiger partial charge in [-0.3, -0.25) is 9.59 Å². The minimum Gasteiger partial charge on any atom is -0.481 e. The maximum absolute atomic E-state index is 11.6. The summed E-state index contributed by atoms with van der Waals surface area (Å²) in [5, 5.41) is 8.59. The van der Waals surface area contributed by atoms with Gasteiger partial charge in [-0.2, -0.15) is 9.97 Å². The number of carboxylic acid groups (broad SMARTS) is 1. The highest BCUT2D eigenvalue weighted by Gasteiger charge is 2.10. The van der Waals surface area contributed by atoms with Crippen LogP contribution >= 0.6 is 0 Å². The number of hydrogen-bond donors (Lipinski definition) is 3. The van der Waals surface area contributed by atoms with Crippen LogP contribution in [0.3, 0.4) is 0 Å². The number of nitrogens with two attached hydrogens (primary N) is 1. The molecular formula is C18H19N5O4. The number of carboxylic acids is 1. The molecule has 0 amide bonds. The third-order valence-corrected chi connectivity index (χ3v) is 3.98. The molecule has 0 fully saturated rings. The number of benzene rings is 1. The first-order valence-corrected chi connectivity index (χ1v) is 8.42. The van der Waals surface area contributed by atoms with Crippen molar-refractivity contribution >= 4 is 28.9 Å². The van der Waals surface area contributed by atoms with Crippen LogP contribution in [-0.2, 0) is 22.6 Å². The Kier molecular flexibility index (Phi) is 5.60. The van der Waals surface area contributed by atoms with Crippen LogP contribution in [0.25, 0.3) is 11.2 Å². The number of H-pyrrole nitrogens is 1. The summed E-state index contributed by atoms with van der Waals surface area (Å²) in [5.41, 5.74) is 8.62. The third-order valence-electron chi connectivity index (χ3n) is 3.98. The van der Waals surface area contributed by atoms with Crippen molar-refractivity contribution in [3.05, 3.63) is 41.7 Å². The van der Waals surface area contributed by atoms with Gasteiger partial charge in [0.25, 0.3) is 0 Å². The topological polar surface area (TPSA) is 144 Å². The number of aryl methyl sites for hydroxylation is 1. The quantitative estimate of drug-likeness (QED) is 0.518. The predicted octanol–water partition coefficient (Wildman–Crippen LogP) is 1.88. The first-order chi connectivity index (χ1) is 13.0. The Balaban J connectivity index is 1.54. The van der Waals surface area contributed by atoms with Crippen LogP contribution in [0.2, 0.25) is 0 Å². The first kappa shape index (κ1) is 18.3. The van der Waals surface area contributed by atoms with Gasteiger partial charge in [-0.05, 0) is 17.5 Å². The second kappa shape index (κ2) is 8.26. The Morgan fingerprint density at radius 3 is 2.56 bits per heavy atom. The summed E-state index contributed by atoms with van der Waals surface area (Å²) in [5.74, 6) is -0.573. The van der Waals surface area contributed by atoms with Gasteiger partial charge in [-0.15, -0.1) is 0 Å². The molecule has 3 aromatic rings. The number of fused-ring (bicyclic) bond motifs is 1. The zero-order valence-electron chi connectivity index (χ0n) is 14.5. The number of rotatable bonds is 9. The molecule has 0 saturated heterocycles. The Morgan fingerprint density at radius 1 is 1.07 bits per heavy atom. The zero-order chi connectivity index (χ0) is 19.2. The number of carbonyl (C=O) groups excluding carboxylic acids is 1. The van der Waals surface area contributed by atoms with E-state index in [4.69, 9.17) is 15.6 Å². The number of ketones is 1. The maximum Gasteiger partial charge on any atom is 0.303 e. The highest BCUT2D eigenvalue weighted by molar-refractivity contribution is 5.82. The minimum absolute atomic E-state index is 0.0465.